The van der Waals surface area contributed by atoms with Gasteiger partial charge in [0.05, 0.1) is 19.3 Å². The van der Waals surface area contributed by atoms with Crippen molar-refractivity contribution in [1.29, 1.82) is 0 Å². The molecule has 140 valence electrons. The molecule has 0 saturated carbocycles. The first-order valence-electron chi connectivity index (χ1n) is 8.30. The van der Waals surface area contributed by atoms with Gasteiger partial charge in [0.1, 0.15) is 12.7 Å². The summed E-state index contributed by atoms with van der Waals surface area (Å²) >= 11 is 0. The molecule has 3 unspecified atom stereocenters. The number of amides is 1. The van der Waals surface area contributed by atoms with E-state index in [0.717, 1.165) is 13.1 Å². The van der Waals surface area contributed by atoms with Crippen LogP contribution < -0.4 is 14.8 Å². The smallest absolute Gasteiger partial charge is 0.250 e. The lowest BCUT2D eigenvalue weighted by Crippen LogP contribution is -2.53. The molecule has 2 heterocycles. The number of para-hydroxylation sites is 2. The number of aliphatic hydroxyl groups is 1. The number of ether oxygens (including phenoxy) is 3. The van der Waals surface area contributed by atoms with Crippen molar-refractivity contribution in [2.45, 2.75) is 25.2 Å². The second-order valence-electron chi connectivity index (χ2n) is 6.14. The van der Waals surface area contributed by atoms with Gasteiger partial charge in [-0.1, -0.05) is 12.1 Å². The summed E-state index contributed by atoms with van der Waals surface area (Å²) in [5, 5.41) is 12.9. The topological polar surface area (TPSA) is 80.3 Å². The van der Waals surface area contributed by atoms with Gasteiger partial charge in [-0.3, -0.25) is 9.69 Å². The maximum atomic E-state index is 12.2. The number of hydrogen-bond donors (Lipinski definition) is 2. The molecule has 0 radical (unpaired) electrons. The predicted molar refractivity (Wildman–Crippen MR) is 94.5 cm³/mol. The molecule has 0 aromatic heterocycles. The van der Waals surface area contributed by atoms with Crippen LogP contribution in [0.5, 0.6) is 11.5 Å². The van der Waals surface area contributed by atoms with Gasteiger partial charge < -0.3 is 24.6 Å². The molecular formula is C17H25ClN2O5. The van der Waals surface area contributed by atoms with Crippen molar-refractivity contribution in [3.8, 4) is 11.5 Å². The van der Waals surface area contributed by atoms with E-state index in [9.17, 15) is 9.90 Å². The molecule has 3 rings (SSSR count). The fourth-order valence-corrected chi connectivity index (χ4v) is 2.81. The summed E-state index contributed by atoms with van der Waals surface area (Å²) in [6, 6.07) is 7.17. The van der Waals surface area contributed by atoms with Crippen LogP contribution >= 0.6 is 12.4 Å². The molecule has 7 nitrogen and oxygen atoms in total. The highest BCUT2D eigenvalue weighted by Gasteiger charge is 2.29. The van der Waals surface area contributed by atoms with E-state index >= 15 is 0 Å². The van der Waals surface area contributed by atoms with Crippen LogP contribution in [0.2, 0.25) is 0 Å². The molecule has 8 heteroatoms. The third kappa shape index (κ3) is 5.22. The van der Waals surface area contributed by atoms with Crippen LogP contribution in [0.15, 0.2) is 24.3 Å². The maximum absolute atomic E-state index is 12.2. The van der Waals surface area contributed by atoms with Crippen LogP contribution in [0.4, 0.5) is 0 Å². The van der Waals surface area contributed by atoms with E-state index in [1.807, 2.05) is 36.1 Å². The lowest BCUT2D eigenvalue weighted by molar-refractivity contribution is -0.132. The summed E-state index contributed by atoms with van der Waals surface area (Å²) in [4.78, 5) is 14.2. The van der Waals surface area contributed by atoms with Crippen LogP contribution in [-0.2, 0) is 9.53 Å². The molecule has 0 aliphatic carbocycles. The lowest BCUT2D eigenvalue weighted by atomic mass is 10.1. The first kappa shape index (κ1) is 19.8. The Labute approximate surface area is 153 Å². The van der Waals surface area contributed by atoms with E-state index in [4.69, 9.17) is 14.2 Å². The zero-order chi connectivity index (χ0) is 16.9. The quantitative estimate of drug-likeness (QED) is 0.781. The molecule has 2 aliphatic rings. The van der Waals surface area contributed by atoms with E-state index in [2.05, 4.69) is 5.32 Å². The minimum Gasteiger partial charge on any atom is -0.486 e. The van der Waals surface area contributed by atoms with Gasteiger partial charge in [-0.15, -0.1) is 12.4 Å². The minimum atomic E-state index is -1.07. The summed E-state index contributed by atoms with van der Waals surface area (Å²) in [6.07, 6.45) is -1.36. The van der Waals surface area contributed by atoms with E-state index < -0.39 is 12.0 Å². The molecule has 1 fully saturated rings. The number of halogens is 1. The molecule has 1 aromatic rings. The van der Waals surface area contributed by atoms with Crippen molar-refractivity contribution in [2.75, 3.05) is 39.5 Å². The molecular weight excluding hydrogens is 348 g/mol. The minimum absolute atomic E-state index is 0. The van der Waals surface area contributed by atoms with Crippen molar-refractivity contribution < 1.29 is 24.1 Å². The Balaban J connectivity index is 0.00000225. The Kier molecular flexibility index (Phi) is 7.31. The Bertz CT molecular complexity index is 568. The number of morpholine rings is 1. The SMILES string of the molecule is CC(NC(=O)C(O)CN1CCOCC1)C1COc2ccccc2O1.Cl. The molecule has 1 saturated heterocycles. The molecule has 0 bridgehead atoms. The maximum Gasteiger partial charge on any atom is 0.250 e. The lowest BCUT2D eigenvalue weighted by Gasteiger charge is -2.32. The first-order valence-corrected chi connectivity index (χ1v) is 8.30. The predicted octanol–water partition coefficient (Wildman–Crippen LogP) is 0.446. The molecule has 1 aromatic carbocycles. The highest BCUT2D eigenvalue weighted by atomic mass is 35.5. The molecule has 1 amide bonds. The number of nitrogens with one attached hydrogen (secondary N) is 1. The van der Waals surface area contributed by atoms with Gasteiger partial charge in [-0.05, 0) is 19.1 Å². The van der Waals surface area contributed by atoms with Gasteiger partial charge in [0.2, 0.25) is 0 Å². The van der Waals surface area contributed by atoms with Gasteiger partial charge in [-0.2, -0.15) is 0 Å². The van der Waals surface area contributed by atoms with E-state index in [-0.39, 0.29) is 24.6 Å². The first-order chi connectivity index (χ1) is 11.6. The number of β-amino-alcohol motifs (C(OH)–C–C–N with tert-alkyl or cyclic N) is 1. The number of nitrogens with zero attached hydrogens (tertiary/aromatic N) is 1. The number of rotatable bonds is 5. The van der Waals surface area contributed by atoms with Crippen LogP contribution in [0.25, 0.3) is 0 Å². The van der Waals surface area contributed by atoms with E-state index in [1.54, 1.807) is 0 Å². The Morgan fingerprint density at radius 3 is 2.72 bits per heavy atom. The summed E-state index contributed by atoms with van der Waals surface area (Å²) in [6.45, 7) is 5.26. The van der Waals surface area contributed by atoms with E-state index in [1.165, 1.54) is 0 Å². The van der Waals surface area contributed by atoms with Gasteiger partial charge in [0.15, 0.2) is 17.6 Å². The van der Waals surface area contributed by atoms with Crippen molar-refractivity contribution in [3.63, 3.8) is 0 Å². The number of carbonyl (C=O) groups is 1. The number of benzene rings is 1. The largest absolute Gasteiger partial charge is 0.486 e. The van der Waals surface area contributed by atoms with Gasteiger partial charge in [0.25, 0.3) is 5.91 Å². The number of hydrogen-bond acceptors (Lipinski definition) is 6. The third-order valence-electron chi connectivity index (χ3n) is 4.30. The molecule has 2 N–H and O–H groups in total. The Hall–Kier alpha value is -1.54. The normalized spacial score (nSPS) is 22.4. The standard InChI is InChI=1S/C17H24N2O5.ClH/c1-12(16-11-23-14-4-2-3-5-15(14)24-16)18-17(21)13(20)10-19-6-8-22-9-7-19;/h2-5,12-13,16,20H,6-11H2,1H3,(H,18,21);1H. The fourth-order valence-electron chi connectivity index (χ4n) is 2.81. The number of fused-ring (bicyclic) bond motifs is 1. The summed E-state index contributed by atoms with van der Waals surface area (Å²) in [7, 11) is 0. The van der Waals surface area contributed by atoms with Crippen molar-refractivity contribution in [2.24, 2.45) is 0 Å². The Morgan fingerprint density at radius 2 is 2.00 bits per heavy atom. The van der Waals surface area contributed by atoms with Crippen molar-refractivity contribution in [1.82, 2.24) is 10.2 Å². The van der Waals surface area contributed by atoms with E-state index in [0.29, 0.717) is 37.9 Å². The van der Waals surface area contributed by atoms with Crippen molar-refractivity contribution in [3.05, 3.63) is 24.3 Å². The van der Waals surface area contributed by atoms with Crippen LogP contribution in [-0.4, -0.2) is 73.6 Å². The number of carbonyl (C=O) groups excluding carboxylic acids is 1. The van der Waals surface area contributed by atoms with Crippen LogP contribution in [0, 0.1) is 0 Å². The third-order valence-corrected chi connectivity index (χ3v) is 4.30. The van der Waals surface area contributed by atoms with Crippen LogP contribution in [0.3, 0.4) is 0 Å². The van der Waals surface area contributed by atoms with Gasteiger partial charge >= 0.3 is 0 Å². The summed E-state index contributed by atoms with van der Waals surface area (Å²) in [5.41, 5.74) is 0. The fraction of sp³-hybridized carbons (Fsp3) is 0.588. The summed E-state index contributed by atoms with van der Waals surface area (Å²) < 4.78 is 16.8. The highest BCUT2D eigenvalue weighted by Crippen LogP contribution is 2.31. The second kappa shape index (κ2) is 9.24. The van der Waals surface area contributed by atoms with Crippen LogP contribution in [0.1, 0.15) is 6.92 Å². The van der Waals surface area contributed by atoms with Gasteiger partial charge in [0, 0.05) is 19.6 Å². The van der Waals surface area contributed by atoms with Gasteiger partial charge in [-0.25, -0.2) is 0 Å². The highest BCUT2D eigenvalue weighted by molar-refractivity contribution is 5.85. The molecule has 3 atom stereocenters. The molecule has 0 spiro atoms. The zero-order valence-corrected chi connectivity index (χ0v) is 15.0. The molecule has 2 aliphatic heterocycles. The Morgan fingerprint density at radius 1 is 1.32 bits per heavy atom. The number of aliphatic hydroxyl groups excluding tert-OH is 1. The average Bonchev–Trinajstić information content (AvgIpc) is 2.62. The zero-order valence-electron chi connectivity index (χ0n) is 14.2. The second-order valence-corrected chi connectivity index (χ2v) is 6.14. The van der Waals surface area contributed by atoms with Crippen molar-refractivity contribution >= 4 is 18.3 Å². The molecule has 25 heavy (non-hydrogen) atoms. The average molecular weight is 373 g/mol. The monoisotopic (exact) mass is 372 g/mol. The summed E-state index contributed by atoms with van der Waals surface area (Å²) in [5.74, 6) is 0.986.